The van der Waals surface area contributed by atoms with E-state index in [1.807, 2.05) is 48.6 Å². The minimum Gasteiger partial charge on any atom is -0.462 e. The number of allylic oxidation sites excluding steroid dienone is 20. The molecule has 0 aliphatic carbocycles. The summed E-state index contributed by atoms with van der Waals surface area (Å²) in [6, 6.07) is 0. The Morgan fingerprint density at radius 2 is 0.733 bits per heavy atom. The first-order chi connectivity index (χ1) is 29.5. The van der Waals surface area contributed by atoms with Crippen molar-refractivity contribution >= 4 is 17.9 Å². The van der Waals surface area contributed by atoms with E-state index in [9.17, 15) is 14.4 Å². The van der Waals surface area contributed by atoms with Crippen LogP contribution in [0.4, 0.5) is 0 Å². The molecule has 0 radical (unpaired) electrons. The third kappa shape index (κ3) is 44.9. The van der Waals surface area contributed by atoms with Crippen LogP contribution >= 0.6 is 0 Å². The first-order valence-corrected chi connectivity index (χ1v) is 23.6. The van der Waals surface area contributed by atoms with Gasteiger partial charge in [0.25, 0.3) is 0 Å². The van der Waals surface area contributed by atoms with Crippen molar-refractivity contribution in [1.82, 2.24) is 0 Å². The molecular formula is C54H84O6. The van der Waals surface area contributed by atoms with E-state index in [0.29, 0.717) is 19.3 Å². The number of hydrogen-bond donors (Lipinski definition) is 0. The molecule has 0 amide bonds. The topological polar surface area (TPSA) is 78.9 Å². The minimum atomic E-state index is -0.819. The molecule has 0 N–H and O–H groups in total. The highest BCUT2D eigenvalue weighted by Gasteiger charge is 2.19. The maximum absolute atomic E-state index is 12.7. The summed E-state index contributed by atoms with van der Waals surface area (Å²) in [6.45, 7) is 6.24. The van der Waals surface area contributed by atoms with Crippen molar-refractivity contribution in [2.45, 2.75) is 187 Å². The fourth-order valence-electron chi connectivity index (χ4n) is 5.79. The Bertz CT molecular complexity index is 1320. The second-order valence-corrected chi connectivity index (χ2v) is 15.0. The fraction of sp³-hybridized carbons (Fsp3) is 0.574. The molecule has 6 heteroatoms. The average molecular weight is 829 g/mol. The van der Waals surface area contributed by atoms with Crippen molar-refractivity contribution in [2.75, 3.05) is 13.2 Å². The van der Waals surface area contributed by atoms with Crippen LogP contribution in [0.25, 0.3) is 0 Å². The van der Waals surface area contributed by atoms with Crippen LogP contribution in [0, 0.1) is 0 Å². The van der Waals surface area contributed by atoms with Crippen LogP contribution in [-0.2, 0) is 28.6 Å². The molecule has 0 aromatic heterocycles. The zero-order chi connectivity index (χ0) is 43.7. The summed E-state index contributed by atoms with van der Waals surface area (Å²) in [4.78, 5) is 37.8. The number of rotatable bonds is 40. The second-order valence-electron chi connectivity index (χ2n) is 15.0. The fourth-order valence-corrected chi connectivity index (χ4v) is 5.79. The average Bonchev–Trinajstić information content (AvgIpc) is 3.24. The Kier molecular flexibility index (Phi) is 44.2. The first kappa shape index (κ1) is 55.8. The first-order valence-electron chi connectivity index (χ1n) is 23.6. The molecule has 0 heterocycles. The highest BCUT2D eigenvalue weighted by atomic mass is 16.6. The van der Waals surface area contributed by atoms with E-state index >= 15 is 0 Å². The van der Waals surface area contributed by atoms with E-state index < -0.39 is 6.10 Å². The van der Waals surface area contributed by atoms with Crippen LogP contribution in [0.3, 0.4) is 0 Å². The lowest BCUT2D eigenvalue weighted by Gasteiger charge is -2.18. The Balaban J connectivity index is 4.56. The van der Waals surface area contributed by atoms with Crippen molar-refractivity contribution in [2.24, 2.45) is 0 Å². The highest BCUT2D eigenvalue weighted by Crippen LogP contribution is 2.12. The monoisotopic (exact) mass is 829 g/mol. The molecule has 1 atom stereocenters. The van der Waals surface area contributed by atoms with E-state index in [4.69, 9.17) is 14.2 Å². The van der Waals surface area contributed by atoms with Gasteiger partial charge in [-0.1, -0.05) is 187 Å². The predicted molar refractivity (Wildman–Crippen MR) is 256 cm³/mol. The molecule has 0 saturated carbocycles. The summed E-state index contributed by atoms with van der Waals surface area (Å²) in [7, 11) is 0. The van der Waals surface area contributed by atoms with Gasteiger partial charge in [-0.15, -0.1) is 0 Å². The van der Waals surface area contributed by atoms with Crippen LogP contribution in [0.2, 0.25) is 0 Å². The molecular weight excluding hydrogens is 745 g/mol. The van der Waals surface area contributed by atoms with E-state index in [1.165, 1.54) is 25.7 Å². The summed E-state index contributed by atoms with van der Waals surface area (Å²) in [5, 5.41) is 0. The molecule has 0 saturated heterocycles. The van der Waals surface area contributed by atoms with E-state index in [-0.39, 0.29) is 37.5 Å². The van der Waals surface area contributed by atoms with Crippen LogP contribution < -0.4 is 0 Å². The number of unbranched alkanes of at least 4 members (excludes halogenated alkanes) is 13. The highest BCUT2D eigenvalue weighted by molar-refractivity contribution is 5.71. The summed E-state index contributed by atoms with van der Waals surface area (Å²) in [5.41, 5.74) is 0. The Labute approximate surface area is 367 Å². The zero-order valence-electron chi connectivity index (χ0n) is 38.2. The molecule has 336 valence electrons. The molecule has 0 aromatic rings. The van der Waals surface area contributed by atoms with Gasteiger partial charge in [-0.3, -0.25) is 14.4 Å². The number of esters is 3. The maximum atomic E-state index is 12.7. The van der Waals surface area contributed by atoms with Gasteiger partial charge in [0, 0.05) is 19.3 Å². The van der Waals surface area contributed by atoms with Crippen molar-refractivity contribution in [3.8, 4) is 0 Å². The number of carbonyl (C=O) groups excluding carboxylic acids is 3. The van der Waals surface area contributed by atoms with Gasteiger partial charge in [-0.25, -0.2) is 0 Å². The lowest BCUT2D eigenvalue weighted by atomic mass is 10.1. The number of ether oxygens (including phenoxy) is 3. The van der Waals surface area contributed by atoms with Gasteiger partial charge >= 0.3 is 17.9 Å². The molecule has 60 heavy (non-hydrogen) atoms. The van der Waals surface area contributed by atoms with Crippen LogP contribution in [0.15, 0.2) is 122 Å². The predicted octanol–water partition coefficient (Wildman–Crippen LogP) is 15.4. The third-order valence-corrected chi connectivity index (χ3v) is 9.31. The van der Waals surface area contributed by atoms with Gasteiger partial charge in [0.1, 0.15) is 13.2 Å². The van der Waals surface area contributed by atoms with Crippen molar-refractivity contribution < 1.29 is 28.6 Å². The Morgan fingerprint density at radius 3 is 1.25 bits per heavy atom. The van der Waals surface area contributed by atoms with Gasteiger partial charge in [0.2, 0.25) is 0 Å². The van der Waals surface area contributed by atoms with Gasteiger partial charge in [0.15, 0.2) is 6.10 Å². The normalized spacial score (nSPS) is 13.2. The Morgan fingerprint density at radius 1 is 0.367 bits per heavy atom. The van der Waals surface area contributed by atoms with Gasteiger partial charge in [-0.2, -0.15) is 0 Å². The van der Waals surface area contributed by atoms with Crippen molar-refractivity contribution in [1.29, 1.82) is 0 Å². The summed E-state index contributed by atoms with van der Waals surface area (Å²) in [5.74, 6) is -1.01. The molecule has 6 nitrogen and oxygen atoms in total. The summed E-state index contributed by atoms with van der Waals surface area (Å²) in [6.07, 6.45) is 64.6. The van der Waals surface area contributed by atoms with E-state index in [1.54, 1.807) is 0 Å². The largest absolute Gasteiger partial charge is 0.462 e. The van der Waals surface area contributed by atoms with E-state index in [0.717, 1.165) is 109 Å². The molecule has 0 rings (SSSR count). The quantitative estimate of drug-likeness (QED) is 0.0201. The van der Waals surface area contributed by atoms with Crippen LogP contribution in [0.5, 0.6) is 0 Å². The van der Waals surface area contributed by atoms with Crippen molar-refractivity contribution in [3.63, 3.8) is 0 Å². The molecule has 0 fully saturated rings. The maximum Gasteiger partial charge on any atom is 0.306 e. The second kappa shape index (κ2) is 47.5. The molecule has 0 aromatic carbocycles. The standard InChI is InChI=1S/C54H84O6/c1-4-7-10-13-16-19-22-24-26-28-29-32-35-38-41-44-47-53(56)59-50-51(49-58-52(55)46-43-40-37-34-31-21-18-15-12-9-6-3)60-54(57)48-45-42-39-36-33-30-27-25-23-20-17-14-11-8-5-2/h7-8,10-11,14-20,23-27,29-30,32-33,51H,4-6,9,12-13,21-22,28,31,34-50H2,1-3H3/b10-7-,11-8-,17-14-,18-15-,19-16-,23-20-,26-24-,27-25-,32-29-,33-30-. The molecule has 1 unspecified atom stereocenters. The van der Waals surface area contributed by atoms with Gasteiger partial charge in [-0.05, 0) is 96.3 Å². The summed E-state index contributed by atoms with van der Waals surface area (Å²) < 4.78 is 16.7. The molecule has 0 bridgehead atoms. The van der Waals surface area contributed by atoms with Gasteiger partial charge < -0.3 is 14.2 Å². The lowest BCUT2D eigenvalue weighted by molar-refractivity contribution is -0.167. The summed E-state index contributed by atoms with van der Waals surface area (Å²) >= 11 is 0. The smallest absolute Gasteiger partial charge is 0.306 e. The van der Waals surface area contributed by atoms with Crippen LogP contribution in [-0.4, -0.2) is 37.2 Å². The zero-order valence-corrected chi connectivity index (χ0v) is 38.2. The molecule has 0 aliphatic heterocycles. The van der Waals surface area contributed by atoms with Crippen molar-refractivity contribution in [3.05, 3.63) is 122 Å². The van der Waals surface area contributed by atoms with E-state index in [2.05, 4.69) is 93.7 Å². The van der Waals surface area contributed by atoms with Gasteiger partial charge in [0.05, 0.1) is 0 Å². The molecule has 0 spiro atoms. The van der Waals surface area contributed by atoms with Crippen LogP contribution in [0.1, 0.15) is 181 Å². The third-order valence-electron chi connectivity index (χ3n) is 9.31. The molecule has 0 aliphatic rings. The SMILES string of the molecule is CC\C=C/C=C\C=C/C=C\C=C/CCCCCC(=O)OC(COC(=O)CCCCC/C=C\C/C=C\C/C=C\C/C=C\CC)COC(=O)CCCCCCC/C=C\CCCC. The number of carbonyl (C=O) groups is 3. The minimum absolute atomic E-state index is 0.114. The Hall–Kier alpha value is -4.19. The number of hydrogen-bond acceptors (Lipinski definition) is 6. The lowest BCUT2D eigenvalue weighted by Crippen LogP contribution is -2.30.